The maximum atomic E-state index is 11.6. The molecule has 1 atom stereocenters. The zero-order valence-corrected chi connectivity index (χ0v) is 23.1. The molecular formula is C26H45N5O7. The topological polar surface area (TPSA) is 137 Å². The highest BCUT2D eigenvalue weighted by Crippen LogP contribution is 2.21. The molecule has 2 amide bonds. The molecule has 12 heteroatoms. The highest BCUT2D eigenvalue weighted by molar-refractivity contribution is 6.12. The fourth-order valence-electron chi connectivity index (χ4n) is 3.54. The lowest BCUT2D eigenvalue weighted by Gasteiger charge is -2.18. The number of imide groups is 1. The number of nitrogens with one attached hydrogen (secondary N) is 1. The molecular weight excluding hydrogens is 494 g/mol. The molecule has 2 heterocycles. The van der Waals surface area contributed by atoms with Crippen molar-refractivity contribution in [1.29, 1.82) is 0 Å². The summed E-state index contributed by atoms with van der Waals surface area (Å²) in [5.41, 5.74) is 0.903. The number of aliphatic hydroxyl groups excluding tert-OH is 1. The number of amides is 2. The second-order valence-electron chi connectivity index (χ2n) is 10.3. The van der Waals surface area contributed by atoms with Gasteiger partial charge in [0.05, 0.1) is 72.1 Å². The number of carbonyl (C=O) groups is 2. The molecule has 1 aromatic heterocycles. The van der Waals surface area contributed by atoms with Gasteiger partial charge in [-0.2, -0.15) is 0 Å². The van der Waals surface area contributed by atoms with E-state index in [1.165, 1.54) is 18.6 Å². The van der Waals surface area contributed by atoms with Crippen molar-refractivity contribution in [3.8, 4) is 0 Å². The number of hydrogen-bond acceptors (Lipinski definition) is 10. The summed E-state index contributed by atoms with van der Waals surface area (Å²) in [4.78, 5) is 24.3. The van der Waals surface area contributed by atoms with E-state index in [0.717, 1.165) is 24.3 Å². The summed E-state index contributed by atoms with van der Waals surface area (Å²) >= 11 is 0. The van der Waals surface area contributed by atoms with Crippen LogP contribution in [0.3, 0.4) is 0 Å². The third kappa shape index (κ3) is 14.6. The normalized spacial score (nSPS) is 14.7. The van der Waals surface area contributed by atoms with Crippen molar-refractivity contribution >= 4 is 11.8 Å². The van der Waals surface area contributed by atoms with Crippen LogP contribution in [0.4, 0.5) is 0 Å². The molecule has 12 nitrogen and oxygen atoms in total. The van der Waals surface area contributed by atoms with Crippen LogP contribution < -0.4 is 5.32 Å². The van der Waals surface area contributed by atoms with E-state index in [9.17, 15) is 14.7 Å². The van der Waals surface area contributed by atoms with Crippen LogP contribution in [0.25, 0.3) is 0 Å². The second kappa shape index (κ2) is 18.1. The van der Waals surface area contributed by atoms with Crippen molar-refractivity contribution in [2.75, 3.05) is 59.4 Å². The maximum absolute atomic E-state index is 11.6. The van der Waals surface area contributed by atoms with Crippen molar-refractivity contribution in [2.24, 2.45) is 5.41 Å². The first-order valence-electron chi connectivity index (χ1n) is 13.4. The number of aliphatic hydroxyl groups is 1. The monoisotopic (exact) mass is 539 g/mol. The number of unbranched alkanes of at least 4 members (excludes halogenated alkanes) is 1. The molecule has 0 saturated heterocycles. The Morgan fingerprint density at radius 2 is 1.47 bits per heavy atom. The van der Waals surface area contributed by atoms with E-state index in [-0.39, 0.29) is 18.4 Å². The van der Waals surface area contributed by atoms with Crippen molar-refractivity contribution in [2.45, 2.75) is 65.8 Å². The Kier molecular flexibility index (Phi) is 15.3. The fraction of sp³-hybridized carbons (Fsp3) is 0.769. The van der Waals surface area contributed by atoms with Gasteiger partial charge in [-0.25, -0.2) is 4.68 Å². The van der Waals surface area contributed by atoms with E-state index in [2.05, 4.69) is 36.4 Å². The summed E-state index contributed by atoms with van der Waals surface area (Å²) in [6.07, 6.45) is 7.61. The highest BCUT2D eigenvalue weighted by atomic mass is 16.6. The lowest BCUT2D eigenvalue weighted by molar-refractivity contribution is -0.137. The van der Waals surface area contributed by atoms with Gasteiger partial charge in [0, 0.05) is 18.6 Å². The Balaban J connectivity index is 1.31. The molecule has 0 bridgehead atoms. The summed E-state index contributed by atoms with van der Waals surface area (Å²) in [7, 11) is 0. The standard InChI is InChI=1S/C26H45N5O7/c1-26(2,3)9-4-5-10-27-23(32)8-12-35-14-16-37-18-19-38-17-15-36-13-11-30-20-22(28-29-30)21-31-24(33)6-7-25(31)34/h6-7,20,23,27,32H,4-5,8-19,21H2,1-3H3. The third-order valence-corrected chi connectivity index (χ3v) is 5.66. The summed E-state index contributed by atoms with van der Waals surface area (Å²) in [6.45, 7) is 11.9. The lowest BCUT2D eigenvalue weighted by Crippen LogP contribution is -2.31. The van der Waals surface area contributed by atoms with Crippen molar-refractivity contribution in [1.82, 2.24) is 25.2 Å². The van der Waals surface area contributed by atoms with Crippen molar-refractivity contribution in [3.05, 3.63) is 24.0 Å². The third-order valence-electron chi connectivity index (χ3n) is 5.66. The van der Waals surface area contributed by atoms with Gasteiger partial charge in [-0.15, -0.1) is 5.10 Å². The number of aromatic nitrogens is 3. The van der Waals surface area contributed by atoms with Crippen LogP contribution >= 0.6 is 0 Å². The van der Waals surface area contributed by atoms with Crippen LogP contribution in [0, 0.1) is 5.41 Å². The molecule has 0 saturated carbocycles. The minimum absolute atomic E-state index is 0.104. The predicted octanol–water partition coefficient (Wildman–Crippen LogP) is 1.28. The molecule has 38 heavy (non-hydrogen) atoms. The number of carbonyl (C=O) groups excluding carboxylic acids is 2. The van der Waals surface area contributed by atoms with Crippen LogP contribution in [0.2, 0.25) is 0 Å². The van der Waals surface area contributed by atoms with Crippen molar-refractivity contribution in [3.63, 3.8) is 0 Å². The lowest BCUT2D eigenvalue weighted by atomic mass is 9.90. The van der Waals surface area contributed by atoms with Crippen molar-refractivity contribution < 1.29 is 33.6 Å². The van der Waals surface area contributed by atoms with E-state index < -0.39 is 6.23 Å². The molecule has 2 N–H and O–H groups in total. The van der Waals surface area contributed by atoms with Gasteiger partial charge in [0.15, 0.2) is 0 Å². The van der Waals surface area contributed by atoms with Gasteiger partial charge in [-0.1, -0.05) is 32.4 Å². The molecule has 1 unspecified atom stereocenters. The second-order valence-corrected chi connectivity index (χ2v) is 10.3. The van der Waals surface area contributed by atoms with Crippen LogP contribution in [0.15, 0.2) is 18.3 Å². The van der Waals surface area contributed by atoms with Gasteiger partial charge in [0.1, 0.15) is 11.9 Å². The Hall–Kier alpha value is -2.22. The Labute approximate surface area is 225 Å². The van der Waals surface area contributed by atoms with Crippen LogP contribution in [-0.4, -0.2) is 102 Å². The van der Waals surface area contributed by atoms with Gasteiger partial charge >= 0.3 is 0 Å². The van der Waals surface area contributed by atoms with Crippen LogP contribution in [0.1, 0.15) is 52.1 Å². The summed E-state index contributed by atoms with van der Waals surface area (Å²) in [5, 5.41) is 21.0. The highest BCUT2D eigenvalue weighted by Gasteiger charge is 2.24. The molecule has 1 aromatic rings. The molecule has 1 aliphatic rings. The van der Waals surface area contributed by atoms with Gasteiger partial charge in [0.2, 0.25) is 0 Å². The van der Waals surface area contributed by atoms with Crippen LogP contribution in [0.5, 0.6) is 0 Å². The number of nitrogens with zero attached hydrogens (tertiary/aromatic N) is 4. The van der Waals surface area contributed by atoms with E-state index in [4.69, 9.17) is 18.9 Å². The zero-order valence-electron chi connectivity index (χ0n) is 23.1. The Bertz CT molecular complexity index is 822. The number of hydrogen-bond donors (Lipinski definition) is 2. The maximum Gasteiger partial charge on any atom is 0.253 e. The van der Waals surface area contributed by atoms with Gasteiger partial charge < -0.3 is 24.1 Å². The van der Waals surface area contributed by atoms with E-state index in [1.54, 1.807) is 10.9 Å². The Morgan fingerprint density at radius 1 is 0.895 bits per heavy atom. The largest absolute Gasteiger partial charge is 0.379 e. The van der Waals surface area contributed by atoms with Gasteiger partial charge in [-0.05, 0) is 24.8 Å². The first-order valence-corrected chi connectivity index (χ1v) is 13.4. The molecule has 216 valence electrons. The molecule has 1 aliphatic heterocycles. The SMILES string of the molecule is CC(C)(C)CCCCNC(O)CCOCCOCCOCCOCCn1cc(CN2C(=O)C=CC2=O)nn1. The Morgan fingerprint density at radius 3 is 2.08 bits per heavy atom. The van der Waals surface area contributed by atoms with Gasteiger partial charge in [-0.3, -0.25) is 19.8 Å². The first kappa shape index (κ1) is 32.0. The average molecular weight is 540 g/mol. The summed E-state index contributed by atoms with van der Waals surface area (Å²) in [6, 6.07) is 0. The molecule has 0 fully saturated rings. The average Bonchev–Trinajstić information content (AvgIpc) is 3.44. The minimum Gasteiger partial charge on any atom is -0.379 e. The molecule has 2 rings (SSSR count). The molecule has 0 spiro atoms. The number of rotatable bonds is 22. The van der Waals surface area contributed by atoms with E-state index in [1.807, 2.05) is 0 Å². The summed E-state index contributed by atoms with van der Waals surface area (Å²) in [5.74, 6) is -0.688. The summed E-state index contributed by atoms with van der Waals surface area (Å²) < 4.78 is 23.6. The van der Waals surface area contributed by atoms with Gasteiger partial charge in [0.25, 0.3) is 11.8 Å². The van der Waals surface area contributed by atoms with Crippen LogP contribution in [-0.2, 0) is 41.6 Å². The molecule has 0 aliphatic carbocycles. The van der Waals surface area contributed by atoms with E-state index >= 15 is 0 Å². The predicted molar refractivity (Wildman–Crippen MR) is 140 cm³/mol. The minimum atomic E-state index is -0.536. The fourth-order valence-corrected chi connectivity index (χ4v) is 3.54. The molecule has 0 radical (unpaired) electrons. The molecule has 0 aromatic carbocycles. The quantitative estimate of drug-likeness (QED) is 0.126. The number of ether oxygens (including phenoxy) is 4. The first-order chi connectivity index (χ1) is 18.2. The van der Waals surface area contributed by atoms with E-state index in [0.29, 0.717) is 76.9 Å². The zero-order chi connectivity index (χ0) is 27.6. The smallest absolute Gasteiger partial charge is 0.253 e.